The van der Waals surface area contributed by atoms with Gasteiger partial charge in [0, 0.05) is 17.5 Å². The summed E-state index contributed by atoms with van der Waals surface area (Å²) in [5, 5.41) is 8.36. The number of hydrogen-bond donors (Lipinski definition) is 1. The fourth-order valence-corrected chi connectivity index (χ4v) is 2.26. The molecule has 1 aromatic heterocycles. The second kappa shape index (κ2) is 6.30. The number of nitrogens with one attached hydrogen (secondary N) is 1. The summed E-state index contributed by atoms with van der Waals surface area (Å²) in [6.07, 6.45) is 1.82. The molecule has 0 saturated heterocycles. The lowest BCUT2D eigenvalue weighted by atomic mass is 10.1. The van der Waals surface area contributed by atoms with E-state index in [1.54, 1.807) is 18.2 Å². The van der Waals surface area contributed by atoms with Crippen molar-refractivity contribution < 1.29 is 4.79 Å². The minimum absolute atomic E-state index is 0.142. The van der Waals surface area contributed by atoms with Gasteiger partial charge in [-0.1, -0.05) is 31.5 Å². The normalized spacial score (nSPS) is 11.6. The van der Waals surface area contributed by atoms with Crippen molar-refractivity contribution in [3.63, 3.8) is 0 Å². The van der Waals surface area contributed by atoms with Crippen LogP contribution < -0.4 is 10.9 Å². The lowest BCUT2D eigenvalue weighted by molar-refractivity contribution is 0.0914. The van der Waals surface area contributed by atoms with Crippen molar-refractivity contribution in [2.75, 3.05) is 0 Å². The van der Waals surface area contributed by atoms with E-state index in [9.17, 15) is 9.59 Å². The zero-order valence-corrected chi connectivity index (χ0v) is 13.6. The maximum Gasteiger partial charge on any atom is 0.274 e. The number of carbonyl (C=O) groups excluding carboxylic acids is 1. The fraction of sp³-hybridized carbons (Fsp3) is 0.471. The van der Waals surface area contributed by atoms with E-state index in [0.29, 0.717) is 23.0 Å². The van der Waals surface area contributed by atoms with Crippen molar-refractivity contribution in [3.8, 4) is 0 Å². The SMILES string of the molecule is CCCCn1nc(C(=O)NC(C)(C)C)c2ccccc2c1=O. The predicted octanol–water partition coefficient (Wildman–Crippen LogP) is 2.72. The standard InChI is InChI=1S/C17H23N3O2/c1-5-6-11-20-16(22)13-10-8-7-9-12(13)14(19-20)15(21)18-17(2,3)4/h7-10H,5-6,11H2,1-4H3,(H,18,21). The van der Waals surface area contributed by atoms with E-state index in [1.165, 1.54) is 4.68 Å². The monoisotopic (exact) mass is 301 g/mol. The van der Waals surface area contributed by atoms with Gasteiger partial charge in [0.15, 0.2) is 5.69 Å². The van der Waals surface area contributed by atoms with Crippen LogP contribution >= 0.6 is 0 Å². The molecule has 0 aliphatic carbocycles. The Hall–Kier alpha value is -2.17. The number of aromatic nitrogens is 2. The highest BCUT2D eigenvalue weighted by molar-refractivity contribution is 6.05. The molecule has 0 bridgehead atoms. The molecule has 5 nitrogen and oxygen atoms in total. The lowest BCUT2D eigenvalue weighted by Gasteiger charge is -2.21. The summed E-state index contributed by atoms with van der Waals surface area (Å²) in [5.74, 6) is -0.256. The molecular formula is C17H23N3O2. The average Bonchev–Trinajstić information content (AvgIpc) is 2.45. The molecule has 0 fully saturated rings. The van der Waals surface area contributed by atoms with E-state index in [4.69, 9.17) is 0 Å². The predicted molar refractivity (Wildman–Crippen MR) is 88.1 cm³/mol. The fourth-order valence-electron chi connectivity index (χ4n) is 2.26. The summed E-state index contributed by atoms with van der Waals surface area (Å²) in [7, 11) is 0. The van der Waals surface area contributed by atoms with Crippen molar-refractivity contribution in [1.29, 1.82) is 0 Å². The summed E-state index contributed by atoms with van der Waals surface area (Å²) in [6, 6.07) is 7.13. The van der Waals surface area contributed by atoms with Gasteiger partial charge in [-0.15, -0.1) is 0 Å². The number of fused-ring (bicyclic) bond motifs is 1. The highest BCUT2D eigenvalue weighted by Gasteiger charge is 2.20. The minimum Gasteiger partial charge on any atom is -0.346 e. The van der Waals surface area contributed by atoms with Crippen molar-refractivity contribution in [3.05, 3.63) is 40.3 Å². The summed E-state index contributed by atoms with van der Waals surface area (Å²) in [5.41, 5.74) is -0.192. The quantitative estimate of drug-likeness (QED) is 0.944. The van der Waals surface area contributed by atoms with Crippen molar-refractivity contribution in [2.45, 2.75) is 52.6 Å². The molecule has 1 amide bonds. The largest absolute Gasteiger partial charge is 0.346 e. The zero-order chi connectivity index (χ0) is 16.3. The van der Waals surface area contributed by atoms with Crippen LogP contribution in [0.3, 0.4) is 0 Å². The molecule has 2 aromatic rings. The van der Waals surface area contributed by atoms with Gasteiger partial charge >= 0.3 is 0 Å². The van der Waals surface area contributed by atoms with Gasteiger partial charge in [-0.3, -0.25) is 9.59 Å². The first-order chi connectivity index (χ1) is 10.3. The minimum atomic E-state index is -0.357. The first-order valence-electron chi connectivity index (χ1n) is 7.66. The molecular weight excluding hydrogens is 278 g/mol. The van der Waals surface area contributed by atoms with E-state index < -0.39 is 0 Å². The number of hydrogen-bond acceptors (Lipinski definition) is 3. The third-order valence-corrected chi connectivity index (χ3v) is 3.29. The number of benzene rings is 1. The van der Waals surface area contributed by atoms with Crippen LogP contribution in [0.15, 0.2) is 29.1 Å². The van der Waals surface area contributed by atoms with E-state index in [1.807, 2.05) is 26.8 Å². The number of aryl methyl sites for hydroxylation is 1. The second-order valence-corrected chi connectivity index (χ2v) is 6.48. The van der Waals surface area contributed by atoms with Crippen LogP contribution in [-0.4, -0.2) is 21.2 Å². The Bertz CT molecular complexity index is 742. The Balaban J connectivity index is 2.59. The number of amides is 1. The van der Waals surface area contributed by atoms with Crippen molar-refractivity contribution in [2.24, 2.45) is 0 Å². The highest BCUT2D eigenvalue weighted by Crippen LogP contribution is 2.14. The topological polar surface area (TPSA) is 64.0 Å². The van der Waals surface area contributed by atoms with Crippen LogP contribution in [0, 0.1) is 0 Å². The molecule has 0 spiro atoms. The van der Waals surface area contributed by atoms with Gasteiger partial charge in [0.05, 0.1) is 5.39 Å². The van der Waals surface area contributed by atoms with E-state index in [2.05, 4.69) is 17.3 Å². The third kappa shape index (κ3) is 3.53. The van der Waals surface area contributed by atoms with Crippen LogP contribution in [0.25, 0.3) is 10.8 Å². The Morgan fingerprint density at radius 1 is 1.23 bits per heavy atom. The molecule has 5 heteroatoms. The Labute approximate surface area is 130 Å². The first-order valence-corrected chi connectivity index (χ1v) is 7.66. The van der Waals surface area contributed by atoms with Crippen molar-refractivity contribution in [1.82, 2.24) is 15.1 Å². The van der Waals surface area contributed by atoms with Gasteiger partial charge in [-0.2, -0.15) is 5.10 Å². The van der Waals surface area contributed by atoms with Gasteiger partial charge in [0.2, 0.25) is 0 Å². The Morgan fingerprint density at radius 3 is 2.45 bits per heavy atom. The molecule has 1 aromatic carbocycles. The van der Waals surface area contributed by atoms with Crippen LogP contribution in [0.4, 0.5) is 0 Å². The summed E-state index contributed by atoms with van der Waals surface area (Å²) in [6.45, 7) is 8.33. The summed E-state index contributed by atoms with van der Waals surface area (Å²) in [4.78, 5) is 25.0. The average molecular weight is 301 g/mol. The second-order valence-electron chi connectivity index (χ2n) is 6.48. The van der Waals surface area contributed by atoms with Gasteiger partial charge in [0.25, 0.3) is 11.5 Å². The molecule has 1 heterocycles. The van der Waals surface area contributed by atoms with Crippen LogP contribution in [0.1, 0.15) is 51.0 Å². The van der Waals surface area contributed by atoms with Crippen molar-refractivity contribution >= 4 is 16.7 Å². The zero-order valence-electron chi connectivity index (χ0n) is 13.6. The Morgan fingerprint density at radius 2 is 1.86 bits per heavy atom. The van der Waals surface area contributed by atoms with Gasteiger partial charge < -0.3 is 5.32 Å². The first kappa shape index (κ1) is 16.2. The Kier molecular flexibility index (Phi) is 4.64. The number of unbranched alkanes of at least 4 members (excludes halogenated alkanes) is 1. The number of carbonyl (C=O) groups is 1. The molecule has 0 aliphatic heterocycles. The van der Waals surface area contributed by atoms with Crippen LogP contribution in [0.5, 0.6) is 0 Å². The molecule has 0 atom stereocenters. The third-order valence-electron chi connectivity index (χ3n) is 3.29. The molecule has 0 aliphatic rings. The number of rotatable bonds is 4. The molecule has 22 heavy (non-hydrogen) atoms. The molecule has 118 valence electrons. The van der Waals surface area contributed by atoms with Gasteiger partial charge in [-0.05, 0) is 33.3 Å². The molecule has 0 saturated carbocycles. The molecule has 2 rings (SSSR count). The maximum atomic E-state index is 12.5. The summed E-state index contributed by atoms with van der Waals surface area (Å²) >= 11 is 0. The molecule has 0 unspecified atom stereocenters. The van der Waals surface area contributed by atoms with Gasteiger partial charge in [-0.25, -0.2) is 4.68 Å². The van der Waals surface area contributed by atoms with Crippen LogP contribution in [0.2, 0.25) is 0 Å². The van der Waals surface area contributed by atoms with E-state index in [-0.39, 0.29) is 17.0 Å². The van der Waals surface area contributed by atoms with E-state index in [0.717, 1.165) is 12.8 Å². The van der Waals surface area contributed by atoms with E-state index >= 15 is 0 Å². The smallest absolute Gasteiger partial charge is 0.274 e. The molecule has 0 radical (unpaired) electrons. The van der Waals surface area contributed by atoms with Crippen LogP contribution in [-0.2, 0) is 6.54 Å². The maximum absolute atomic E-state index is 12.5. The highest BCUT2D eigenvalue weighted by atomic mass is 16.2. The number of nitrogens with zero attached hydrogens (tertiary/aromatic N) is 2. The lowest BCUT2D eigenvalue weighted by Crippen LogP contribution is -2.42. The summed E-state index contributed by atoms with van der Waals surface area (Å²) < 4.78 is 1.41. The molecule has 1 N–H and O–H groups in total. The van der Waals surface area contributed by atoms with Gasteiger partial charge in [0.1, 0.15) is 0 Å².